The molecule has 0 fully saturated rings. The fourth-order valence-corrected chi connectivity index (χ4v) is 3.86. The van der Waals surface area contributed by atoms with Crippen molar-refractivity contribution in [3.05, 3.63) is 59.2 Å². The number of methoxy groups -OCH3 is 1. The molecule has 2 aromatic rings. The monoisotopic (exact) mass is 453 g/mol. The van der Waals surface area contributed by atoms with Gasteiger partial charge in [0.1, 0.15) is 5.75 Å². The summed E-state index contributed by atoms with van der Waals surface area (Å²) in [6.07, 6.45) is 5.31. The molecular formula is C26H31NO6. The molecule has 0 bridgehead atoms. The van der Waals surface area contributed by atoms with Crippen LogP contribution in [0.3, 0.4) is 0 Å². The van der Waals surface area contributed by atoms with Crippen molar-refractivity contribution in [2.75, 3.05) is 25.2 Å². The van der Waals surface area contributed by atoms with Gasteiger partial charge in [-0.05, 0) is 56.2 Å². The first-order valence-electron chi connectivity index (χ1n) is 11.5. The largest absolute Gasteiger partial charge is 0.493 e. The number of amides is 1. The second kappa shape index (κ2) is 12.0. The number of rotatable bonds is 12. The van der Waals surface area contributed by atoms with Crippen LogP contribution in [0.15, 0.2) is 42.5 Å². The Hall–Kier alpha value is -3.35. The summed E-state index contributed by atoms with van der Waals surface area (Å²) in [5, 5.41) is 0. The standard InChI is InChI=1S/C26H31NO6/c1-3-32-24(28)12-7-5-4-6-8-17-33-23-11-9-10-21-22(23)18-27(25(21)29)20-15-13-19(14-16-20)26(30)31-2/h9-11,13-16H,3-8,12,17-18H2,1-2H3. The average molecular weight is 454 g/mol. The highest BCUT2D eigenvalue weighted by atomic mass is 16.5. The minimum Gasteiger partial charge on any atom is -0.493 e. The third-order valence-electron chi connectivity index (χ3n) is 5.61. The summed E-state index contributed by atoms with van der Waals surface area (Å²) in [6.45, 7) is 3.26. The fraction of sp³-hybridized carbons (Fsp3) is 0.423. The summed E-state index contributed by atoms with van der Waals surface area (Å²) >= 11 is 0. The van der Waals surface area contributed by atoms with E-state index in [1.807, 2.05) is 25.1 Å². The third kappa shape index (κ3) is 6.34. The van der Waals surface area contributed by atoms with E-state index in [1.54, 1.807) is 29.2 Å². The van der Waals surface area contributed by atoms with E-state index < -0.39 is 5.97 Å². The van der Waals surface area contributed by atoms with Crippen LogP contribution in [0, 0.1) is 0 Å². The SMILES string of the molecule is CCOC(=O)CCCCCCCOc1cccc2c1CN(c1ccc(C(=O)OC)cc1)C2=O. The minimum absolute atomic E-state index is 0.0807. The van der Waals surface area contributed by atoms with E-state index in [9.17, 15) is 14.4 Å². The molecule has 7 heteroatoms. The van der Waals surface area contributed by atoms with E-state index in [1.165, 1.54) is 7.11 Å². The number of fused-ring (bicyclic) bond motifs is 1. The number of anilines is 1. The van der Waals surface area contributed by atoms with E-state index in [4.69, 9.17) is 14.2 Å². The Balaban J connectivity index is 1.48. The number of nitrogens with zero attached hydrogens (tertiary/aromatic N) is 1. The summed E-state index contributed by atoms with van der Waals surface area (Å²) in [5.41, 5.74) is 2.69. The lowest BCUT2D eigenvalue weighted by Gasteiger charge is -2.16. The van der Waals surface area contributed by atoms with Crippen LogP contribution in [0.2, 0.25) is 0 Å². The molecule has 0 atom stereocenters. The molecule has 1 aliphatic rings. The van der Waals surface area contributed by atoms with Crippen LogP contribution in [0.25, 0.3) is 0 Å². The zero-order valence-corrected chi connectivity index (χ0v) is 19.3. The lowest BCUT2D eigenvalue weighted by atomic mass is 10.1. The lowest BCUT2D eigenvalue weighted by molar-refractivity contribution is -0.143. The molecule has 3 rings (SSSR count). The van der Waals surface area contributed by atoms with Crippen LogP contribution in [-0.4, -0.2) is 38.2 Å². The molecule has 0 radical (unpaired) electrons. The predicted octanol–water partition coefficient (Wildman–Crippen LogP) is 4.92. The van der Waals surface area contributed by atoms with Crippen LogP contribution in [0.1, 0.15) is 71.7 Å². The Morgan fingerprint density at radius 1 is 0.970 bits per heavy atom. The molecule has 1 amide bonds. The molecule has 0 aliphatic carbocycles. The topological polar surface area (TPSA) is 82.1 Å². The highest BCUT2D eigenvalue weighted by Gasteiger charge is 2.31. The van der Waals surface area contributed by atoms with E-state index in [0.29, 0.717) is 37.3 Å². The van der Waals surface area contributed by atoms with Gasteiger partial charge < -0.3 is 19.1 Å². The molecule has 0 spiro atoms. The Bertz CT molecular complexity index is 969. The number of benzene rings is 2. The van der Waals surface area contributed by atoms with Crippen molar-refractivity contribution in [3.8, 4) is 5.75 Å². The molecule has 2 aromatic carbocycles. The van der Waals surface area contributed by atoms with Gasteiger partial charge in [0, 0.05) is 23.2 Å². The predicted molar refractivity (Wildman–Crippen MR) is 125 cm³/mol. The highest BCUT2D eigenvalue weighted by Crippen LogP contribution is 2.34. The van der Waals surface area contributed by atoms with Gasteiger partial charge in [0.25, 0.3) is 5.91 Å². The molecular weight excluding hydrogens is 422 g/mol. The smallest absolute Gasteiger partial charge is 0.337 e. The van der Waals surface area contributed by atoms with Crippen molar-refractivity contribution in [1.29, 1.82) is 0 Å². The molecule has 1 heterocycles. The number of carbonyl (C=O) groups excluding carboxylic acids is 3. The van der Waals surface area contributed by atoms with Gasteiger partial charge in [0.05, 0.1) is 32.4 Å². The van der Waals surface area contributed by atoms with Crippen molar-refractivity contribution >= 4 is 23.5 Å². The summed E-state index contributed by atoms with van der Waals surface area (Å²) in [5.74, 6) is 0.119. The van der Waals surface area contributed by atoms with Crippen LogP contribution in [0.4, 0.5) is 5.69 Å². The molecule has 0 N–H and O–H groups in total. The number of hydrogen-bond acceptors (Lipinski definition) is 6. The van der Waals surface area contributed by atoms with Gasteiger partial charge in [-0.15, -0.1) is 0 Å². The Labute approximate surface area is 194 Å². The number of carbonyl (C=O) groups is 3. The summed E-state index contributed by atoms with van der Waals surface area (Å²) in [7, 11) is 1.34. The Kier molecular flexibility index (Phi) is 8.87. The quantitative estimate of drug-likeness (QED) is 0.335. The summed E-state index contributed by atoms with van der Waals surface area (Å²) < 4.78 is 15.7. The van der Waals surface area contributed by atoms with Crippen molar-refractivity contribution < 1.29 is 28.6 Å². The molecule has 0 unspecified atom stereocenters. The molecule has 0 aromatic heterocycles. The molecule has 0 saturated carbocycles. The van der Waals surface area contributed by atoms with E-state index in [-0.39, 0.29) is 11.9 Å². The Morgan fingerprint density at radius 2 is 1.70 bits per heavy atom. The summed E-state index contributed by atoms with van der Waals surface area (Å²) in [6, 6.07) is 12.4. The van der Waals surface area contributed by atoms with Gasteiger partial charge in [0.15, 0.2) is 0 Å². The first-order chi connectivity index (χ1) is 16.0. The maximum Gasteiger partial charge on any atom is 0.337 e. The van der Waals surface area contributed by atoms with Gasteiger partial charge in [0.2, 0.25) is 0 Å². The second-order valence-corrected chi connectivity index (χ2v) is 7.88. The minimum atomic E-state index is -0.410. The zero-order chi connectivity index (χ0) is 23.6. The molecule has 33 heavy (non-hydrogen) atoms. The van der Waals surface area contributed by atoms with Crippen LogP contribution < -0.4 is 9.64 Å². The number of unbranched alkanes of at least 4 members (excludes halogenated alkanes) is 4. The van der Waals surface area contributed by atoms with Gasteiger partial charge in [-0.3, -0.25) is 9.59 Å². The van der Waals surface area contributed by atoms with E-state index in [2.05, 4.69) is 0 Å². The normalized spacial score (nSPS) is 12.4. The zero-order valence-electron chi connectivity index (χ0n) is 19.3. The second-order valence-electron chi connectivity index (χ2n) is 7.88. The fourth-order valence-electron chi connectivity index (χ4n) is 3.86. The van der Waals surface area contributed by atoms with Gasteiger partial charge in [-0.2, -0.15) is 0 Å². The van der Waals surface area contributed by atoms with Crippen molar-refractivity contribution in [2.24, 2.45) is 0 Å². The number of ether oxygens (including phenoxy) is 3. The molecule has 1 aliphatic heterocycles. The van der Waals surface area contributed by atoms with E-state index in [0.717, 1.165) is 49.1 Å². The van der Waals surface area contributed by atoms with Crippen LogP contribution in [0.5, 0.6) is 5.75 Å². The first-order valence-corrected chi connectivity index (χ1v) is 11.5. The first kappa shape index (κ1) is 24.3. The molecule has 0 saturated heterocycles. The number of esters is 2. The maximum atomic E-state index is 12.9. The summed E-state index contributed by atoms with van der Waals surface area (Å²) in [4.78, 5) is 37.6. The van der Waals surface area contributed by atoms with Crippen LogP contribution in [-0.2, 0) is 20.8 Å². The van der Waals surface area contributed by atoms with Crippen LogP contribution >= 0.6 is 0 Å². The highest BCUT2D eigenvalue weighted by molar-refractivity contribution is 6.10. The Morgan fingerprint density at radius 3 is 2.42 bits per heavy atom. The van der Waals surface area contributed by atoms with Gasteiger partial charge >= 0.3 is 11.9 Å². The van der Waals surface area contributed by atoms with Crippen molar-refractivity contribution in [3.63, 3.8) is 0 Å². The van der Waals surface area contributed by atoms with E-state index >= 15 is 0 Å². The van der Waals surface area contributed by atoms with Gasteiger partial charge in [-0.1, -0.05) is 25.3 Å². The van der Waals surface area contributed by atoms with Crippen molar-refractivity contribution in [1.82, 2.24) is 0 Å². The molecule has 7 nitrogen and oxygen atoms in total. The third-order valence-corrected chi connectivity index (χ3v) is 5.61. The average Bonchev–Trinajstić information content (AvgIpc) is 3.17. The molecule has 176 valence electrons. The van der Waals surface area contributed by atoms with Gasteiger partial charge in [-0.25, -0.2) is 4.79 Å². The number of hydrogen-bond donors (Lipinski definition) is 0. The lowest BCUT2D eigenvalue weighted by Crippen LogP contribution is -2.23. The maximum absolute atomic E-state index is 12.9. The van der Waals surface area contributed by atoms with Crippen molar-refractivity contribution in [2.45, 2.75) is 52.0 Å².